The Labute approximate surface area is 97.0 Å². The lowest BCUT2D eigenvalue weighted by atomic mass is 9.96. The maximum atomic E-state index is 5.73. The summed E-state index contributed by atoms with van der Waals surface area (Å²) in [6.45, 7) is 4.58. The van der Waals surface area contributed by atoms with Crippen LogP contribution in [0.4, 0.5) is 0 Å². The molecule has 0 spiro atoms. The van der Waals surface area contributed by atoms with Gasteiger partial charge in [0.25, 0.3) is 0 Å². The largest absolute Gasteiger partial charge is 0.493 e. The summed E-state index contributed by atoms with van der Waals surface area (Å²) < 4.78 is 5.73. The van der Waals surface area contributed by atoms with E-state index in [1.165, 1.54) is 5.56 Å². The molecular weight excluding hydrogens is 200 g/mol. The molecule has 0 radical (unpaired) electrons. The highest BCUT2D eigenvalue weighted by Crippen LogP contribution is 2.26. The predicted molar refractivity (Wildman–Crippen MR) is 65.7 cm³/mol. The molecule has 88 valence electrons. The number of hydrogen-bond donors (Lipinski definition) is 2. The molecule has 3 N–H and O–H groups in total. The minimum Gasteiger partial charge on any atom is -0.493 e. The number of hydrogen-bond acceptors (Lipinski definition) is 3. The summed E-state index contributed by atoms with van der Waals surface area (Å²) in [5.41, 5.74) is 6.89. The molecule has 0 bridgehead atoms. The first-order valence-electron chi connectivity index (χ1n) is 5.93. The number of nitrogens with two attached hydrogens (primary N) is 1. The molecule has 0 aliphatic carbocycles. The maximum Gasteiger partial charge on any atom is 0.122 e. The second kappa shape index (κ2) is 5.32. The van der Waals surface area contributed by atoms with Gasteiger partial charge in [0.1, 0.15) is 5.75 Å². The minimum atomic E-state index is 0.386. The highest BCUT2D eigenvalue weighted by Gasteiger charge is 2.19. The molecule has 0 saturated heterocycles. The van der Waals surface area contributed by atoms with Crippen LogP contribution in [0.3, 0.4) is 0 Å². The van der Waals surface area contributed by atoms with E-state index in [1.807, 2.05) is 12.1 Å². The Morgan fingerprint density at radius 2 is 2.31 bits per heavy atom. The molecule has 1 aromatic rings. The van der Waals surface area contributed by atoms with Gasteiger partial charge in [0.15, 0.2) is 0 Å². The van der Waals surface area contributed by atoms with Crippen LogP contribution in [0.5, 0.6) is 5.75 Å². The van der Waals surface area contributed by atoms with Gasteiger partial charge in [-0.2, -0.15) is 0 Å². The van der Waals surface area contributed by atoms with Crippen molar-refractivity contribution in [1.82, 2.24) is 5.32 Å². The van der Waals surface area contributed by atoms with E-state index in [4.69, 9.17) is 10.5 Å². The van der Waals surface area contributed by atoms with Crippen LogP contribution in [0.25, 0.3) is 0 Å². The molecule has 0 amide bonds. The quantitative estimate of drug-likeness (QED) is 0.801. The average molecular weight is 220 g/mol. The fraction of sp³-hybridized carbons (Fsp3) is 0.538. The van der Waals surface area contributed by atoms with Crippen molar-refractivity contribution in [2.24, 2.45) is 11.7 Å². The Morgan fingerprint density at radius 1 is 1.50 bits per heavy atom. The molecule has 1 aromatic carbocycles. The van der Waals surface area contributed by atoms with Crippen molar-refractivity contribution in [3.8, 4) is 5.75 Å². The smallest absolute Gasteiger partial charge is 0.122 e. The summed E-state index contributed by atoms with van der Waals surface area (Å²) >= 11 is 0. The van der Waals surface area contributed by atoms with Crippen LogP contribution >= 0.6 is 0 Å². The van der Waals surface area contributed by atoms with Gasteiger partial charge in [-0.05, 0) is 25.0 Å². The predicted octanol–water partition coefficient (Wildman–Crippen LogP) is 1.17. The lowest BCUT2D eigenvalue weighted by molar-refractivity contribution is 0.215. The van der Waals surface area contributed by atoms with Crippen molar-refractivity contribution in [1.29, 1.82) is 0 Å². The molecule has 1 heterocycles. The molecule has 2 unspecified atom stereocenters. The van der Waals surface area contributed by atoms with Crippen LogP contribution in [-0.2, 0) is 6.42 Å². The summed E-state index contributed by atoms with van der Waals surface area (Å²) in [7, 11) is 0. The minimum absolute atomic E-state index is 0.386. The first kappa shape index (κ1) is 11.4. The van der Waals surface area contributed by atoms with Crippen molar-refractivity contribution in [3.63, 3.8) is 0 Å². The SMILES string of the molecule is CC(CN)NCC1COc2ccccc2C1. The van der Waals surface area contributed by atoms with Gasteiger partial charge in [0.05, 0.1) is 6.61 Å². The summed E-state index contributed by atoms with van der Waals surface area (Å²) in [6.07, 6.45) is 1.10. The van der Waals surface area contributed by atoms with Crippen molar-refractivity contribution >= 4 is 0 Å². The Morgan fingerprint density at radius 3 is 3.12 bits per heavy atom. The van der Waals surface area contributed by atoms with Crippen molar-refractivity contribution in [3.05, 3.63) is 29.8 Å². The van der Waals surface area contributed by atoms with Gasteiger partial charge in [-0.3, -0.25) is 0 Å². The van der Waals surface area contributed by atoms with Gasteiger partial charge in [-0.1, -0.05) is 18.2 Å². The molecule has 0 aromatic heterocycles. The van der Waals surface area contributed by atoms with E-state index in [2.05, 4.69) is 24.4 Å². The second-order valence-corrected chi connectivity index (χ2v) is 4.53. The molecule has 1 aliphatic rings. The third-order valence-corrected chi connectivity index (χ3v) is 3.06. The van der Waals surface area contributed by atoms with Gasteiger partial charge in [-0.15, -0.1) is 0 Å². The Hall–Kier alpha value is -1.06. The van der Waals surface area contributed by atoms with Crippen LogP contribution in [0.15, 0.2) is 24.3 Å². The summed E-state index contributed by atoms with van der Waals surface area (Å²) in [4.78, 5) is 0. The lowest BCUT2D eigenvalue weighted by Crippen LogP contribution is -2.39. The van der Waals surface area contributed by atoms with E-state index in [-0.39, 0.29) is 0 Å². The van der Waals surface area contributed by atoms with Gasteiger partial charge >= 0.3 is 0 Å². The van der Waals surface area contributed by atoms with Crippen molar-refractivity contribution < 1.29 is 4.74 Å². The number of rotatable bonds is 4. The van der Waals surface area contributed by atoms with Crippen LogP contribution in [0.2, 0.25) is 0 Å². The zero-order valence-corrected chi connectivity index (χ0v) is 9.78. The van der Waals surface area contributed by atoms with Crippen molar-refractivity contribution in [2.75, 3.05) is 19.7 Å². The highest BCUT2D eigenvalue weighted by atomic mass is 16.5. The molecule has 3 nitrogen and oxygen atoms in total. The first-order chi connectivity index (χ1) is 7.79. The number of ether oxygens (including phenoxy) is 1. The second-order valence-electron chi connectivity index (χ2n) is 4.53. The fourth-order valence-electron chi connectivity index (χ4n) is 1.97. The van der Waals surface area contributed by atoms with E-state index < -0.39 is 0 Å². The number of benzene rings is 1. The Kier molecular flexibility index (Phi) is 3.80. The number of fused-ring (bicyclic) bond motifs is 1. The van der Waals surface area contributed by atoms with E-state index >= 15 is 0 Å². The van der Waals surface area contributed by atoms with E-state index in [0.717, 1.165) is 25.3 Å². The molecule has 16 heavy (non-hydrogen) atoms. The Bertz CT molecular complexity index is 340. The number of para-hydroxylation sites is 1. The highest BCUT2D eigenvalue weighted by molar-refractivity contribution is 5.35. The summed E-state index contributed by atoms with van der Waals surface area (Å²) in [6, 6.07) is 8.67. The topological polar surface area (TPSA) is 47.3 Å². The van der Waals surface area contributed by atoms with Gasteiger partial charge in [0.2, 0.25) is 0 Å². The zero-order chi connectivity index (χ0) is 11.4. The van der Waals surface area contributed by atoms with Crippen molar-refractivity contribution in [2.45, 2.75) is 19.4 Å². The summed E-state index contributed by atoms with van der Waals surface area (Å²) in [5, 5.41) is 3.43. The van der Waals surface area contributed by atoms with E-state index in [1.54, 1.807) is 0 Å². The number of nitrogens with one attached hydrogen (secondary N) is 1. The molecule has 0 fully saturated rings. The van der Waals surface area contributed by atoms with Crippen LogP contribution < -0.4 is 15.8 Å². The van der Waals surface area contributed by atoms with Crippen LogP contribution in [0.1, 0.15) is 12.5 Å². The Balaban J connectivity index is 1.88. The molecular formula is C13H20N2O. The molecule has 1 aliphatic heterocycles. The van der Waals surface area contributed by atoms with Gasteiger partial charge in [0, 0.05) is 25.0 Å². The van der Waals surface area contributed by atoms with E-state index in [9.17, 15) is 0 Å². The molecule has 2 atom stereocenters. The fourth-order valence-corrected chi connectivity index (χ4v) is 1.97. The monoisotopic (exact) mass is 220 g/mol. The first-order valence-corrected chi connectivity index (χ1v) is 5.93. The third-order valence-electron chi connectivity index (χ3n) is 3.06. The molecule has 3 heteroatoms. The average Bonchev–Trinajstić information content (AvgIpc) is 2.35. The van der Waals surface area contributed by atoms with Gasteiger partial charge in [-0.25, -0.2) is 0 Å². The van der Waals surface area contributed by atoms with Crippen LogP contribution in [-0.4, -0.2) is 25.7 Å². The molecule has 2 rings (SSSR count). The normalized spacial score (nSPS) is 21.0. The zero-order valence-electron chi connectivity index (χ0n) is 9.78. The lowest BCUT2D eigenvalue weighted by Gasteiger charge is -2.26. The van der Waals surface area contributed by atoms with E-state index in [0.29, 0.717) is 18.5 Å². The maximum absolute atomic E-state index is 5.73. The summed E-state index contributed by atoms with van der Waals surface area (Å²) in [5.74, 6) is 1.61. The van der Waals surface area contributed by atoms with Crippen LogP contribution in [0, 0.1) is 5.92 Å². The molecule has 0 saturated carbocycles. The van der Waals surface area contributed by atoms with Gasteiger partial charge < -0.3 is 15.8 Å². The standard InChI is InChI=1S/C13H20N2O/c1-10(7-14)15-8-11-6-12-4-2-3-5-13(12)16-9-11/h2-5,10-11,15H,6-9,14H2,1H3. The third kappa shape index (κ3) is 2.74.